The monoisotopic (exact) mass is 295 g/mol. The molecule has 1 heterocycles. The third-order valence-electron chi connectivity index (χ3n) is 4.10. The molecule has 0 spiro atoms. The van der Waals surface area contributed by atoms with Crippen LogP contribution in [-0.2, 0) is 19.5 Å². The Morgan fingerprint density at radius 1 is 1.00 bits per heavy atom. The van der Waals surface area contributed by atoms with E-state index in [1.165, 1.54) is 16.7 Å². The van der Waals surface area contributed by atoms with Crippen LogP contribution in [0.15, 0.2) is 48.5 Å². The van der Waals surface area contributed by atoms with E-state index in [1.807, 2.05) is 6.07 Å². The quantitative estimate of drug-likeness (QED) is 0.835. The lowest BCUT2D eigenvalue weighted by atomic mass is 10.0. The van der Waals surface area contributed by atoms with E-state index in [0.717, 1.165) is 38.4 Å². The van der Waals surface area contributed by atoms with Crippen LogP contribution in [0.2, 0.25) is 0 Å². The van der Waals surface area contributed by atoms with Gasteiger partial charge in [0.05, 0.1) is 0 Å². The fourth-order valence-corrected chi connectivity index (χ4v) is 3.03. The zero-order chi connectivity index (χ0) is 15.4. The van der Waals surface area contributed by atoms with Gasteiger partial charge in [-0.2, -0.15) is 0 Å². The van der Waals surface area contributed by atoms with E-state index in [4.69, 9.17) is 4.74 Å². The molecule has 2 nitrogen and oxygen atoms in total. The fourth-order valence-electron chi connectivity index (χ4n) is 3.03. The molecule has 3 rings (SSSR count). The number of para-hydroxylation sites is 1. The first-order chi connectivity index (χ1) is 10.7. The Labute approximate surface area is 133 Å². The van der Waals surface area contributed by atoms with E-state index in [-0.39, 0.29) is 0 Å². The summed E-state index contributed by atoms with van der Waals surface area (Å²) < 4.78 is 5.84. The molecule has 0 atom stereocenters. The molecule has 0 fully saturated rings. The molecular formula is C20H25NO. The van der Waals surface area contributed by atoms with Gasteiger partial charge in [-0.1, -0.05) is 56.3 Å². The highest BCUT2D eigenvalue weighted by atomic mass is 16.5. The van der Waals surface area contributed by atoms with Crippen molar-refractivity contribution in [3.8, 4) is 5.75 Å². The second-order valence-electron chi connectivity index (χ2n) is 6.58. The first-order valence-electron chi connectivity index (χ1n) is 8.21. The van der Waals surface area contributed by atoms with Gasteiger partial charge in [0.15, 0.2) is 0 Å². The van der Waals surface area contributed by atoms with Crippen molar-refractivity contribution in [2.75, 3.05) is 13.2 Å². The maximum Gasteiger partial charge on any atom is 0.123 e. The van der Waals surface area contributed by atoms with E-state index in [1.54, 1.807) is 0 Å². The van der Waals surface area contributed by atoms with Crippen molar-refractivity contribution in [2.45, 2.75) is 33.4 Å². The molecule has 1 aliphatic rings. The van der Waals surface area contributed by atoms with Crippen LogP contribution >= 0.6 is 0 Å². The van der Waals surface area contributed by atoms with Crippen LogP contribution in [0, 0.1) is 5.92 Å². The first kappa shape index (κ1) is 15.1. The molecular weight excluding hydrogens is 270 g/mol. The molecule has 0 amide bonds. The Balaban J connectivity index is 1.65. The summed E-state index contributed by atoms with van der Waals surface area (Å²) in [6.45, 7) is 8.22. The SMILES string of the molecule is CC(C)Cc1ccc(CN2CCOc3ccccc3C2)cc1. The van der Waals surface area contributed by atoms with E-state index in [2.05, 4.69) is 61.2 Å². The predicted molar refractivity (Wildman–Crippen MR) is 91.0 cm³/mol. The largest absolute Gasteiger partial charge is 0.492 e. The Hall–Kier alpha value is -1.80. The predicted octanol–water partition coefficient (Wildman–Crippen LogP) is 4.28. The van der Waals surface area contributed by atoms with Crippen LogP contribution in [0.1, 0.15) is 30.5 Å². The van der Waals surface area contributed by atoms with Crippen LogP contribution in [-0.4, -0.2) is 18.1 Å². The van der Waals surface area contributed by atoms with Crippen molar-refractivity contribution in [1.29, 1.82) is 0 Å². The van der Waals surface area contributed by atoms with Gasteiger partial charge < -0.3 is 4.74 Å². The van der Waals surface area contributed by atoms with E-state index >= 15 is 0 Å². The van der Waals surface area contributed by atoms with Gasteiger partial charge in [0.1, 0.15) is 12.4 Å². The summed E-state index contributed by atoms with van der Waals surface area (Å²) in [7, 11) is 0. The van der Waals surface area contributed by atoms with E-state index in [0.29, 0.717) is 5.92 Å². The smallest absolute Gasteiger partial charge is 0.123 e. The molecule has 0 aromatic heterocycles. The lowest BCUT2D eigenvalue weighted by Gasteiger charge is -2.19. The minimum atomic E-state index is 0.713. The van der Waals surface area contributed by atoms with Gasteiger partial charge in [0.25, 0.3) is 0 Å². The fraction of sp³-hybridized carbons (Fsp3) is 0.400. The number of ether oxygens (including phenoxy) is 1. The van der Waals surface area contributed by atoms with Gasteiger partial charge in [-0.3, -0.25) is 4.90 Å². The van der Waals surface area contributed by atoms with Crippen molar-refractivity contribution < 1.29 is 4.74 Å². The highest BCUT2D eigenvalue weighted by Crippen LogP contribution is 2.23. The molecule has 116 valence electrons. The molecule has 2 aromatic carbocycles. The number of fused-ring (bicyclic) bond motifs is 1. The van der Waals surface area contributed by atoms with Gasteiger partial charge in [-0.15, -0.1) is 0 Å². The molecule has 0 aliphatic carbocycles. The lowest BCUT2D eigenvalue weighted by Crippen LogP contribution is -2.25. The van der Waals surface area contributed by atoms with Crippen LogP contribution in [0.5, 0.6) is 5.75 Å². The third-order valence-corrected chi connectivity index (χ3v) is 4.10. The van der Waals surface area contributed by atoms with Gasteiger partial charge in [-0.25, -0.2) is 0 Å². The molecule has 0 N–H and O–H groups in total. The Bertz CT molecular complexity index is 603. The summed E-state index contributed by atoms with van der Waals surface area (Å²) in [5.41, 5.74) is 4.10. The molecule has 0 saturated heterocycles. The normalized spacial score (nSPS) is 15.2. The molecule has 0 bridgehead atoms. The second-order valence-corrected chi connectivity index (χ2v) is 6.58. The highest BCUT2D eigenvalue weighted by Gasteiger charge is 2.14. The summed E-state index contributed by atoms with van der Waals surface area (Å²) >= 11 is 0. The van der Waals surface area contributed by atoms with Crippen molar-refractivity contribution in [1.82, 2.24) is 4.90 Å². The zero-order valence-corrected chi connectivity index (χ0v) is 13.6. The Morgan fingerprint density at radius 2 is 1.73 bits per heavy atom. The first-order valence-corrected chi connectivity index (χ1v) is 8.21. The van der Waals surface area contributed by atoms with Gasteiger partial charge in [0.2, 0.25) is 0 Å². The standard InChI is InChI=1S/C20H25NO/c1-16(2)13-17-7-9-18(10-8-17)14-21-11-12-22-20-6-4-3-5-19(20)15-21/h3-10,16H,11-15H2,1-2H3. The van der Waals surface area contributed by atoms with Gasteiger partial charge in [0, 0.05) is 25.2 Å². The van der Waals surface area contributed by atoms with E-state index < -0.39 is 0 Å². The van der Waals surface area contributed by atoms with Crippen molar-refractivity contribution in [3.63, 3.8) is 0 Å². The van der Waals surface area contributed by atoms with Crippen molar-refractivity contribution >= 4 is 0 Å². The number of nitrogens with zero attached hydrogens (tertiary/aromatic N) is 1. The number of benzene rings is 2. The molecule has 0 saturated carbocycles. The zero-order valence-electron chi connectivity index (χ0n) is 13.6. The molecule has 1 aliphatic heterocycles. The topological polar surface area (TPSA) is 12.5 Å². The van der Waals surface area contributed by atoms with Crippen LogP contribution in [0.25, 0.3) is 0 Å². The highest BCUT2D eigenvalue weighted by molar-refractivity contribution is 5.34. The van der Waals surface area contributed by atoms with Crippen LogP contribution < -0.4 is 4.74 Å². The van der Waals surface area contributed by atoms with E-state index in [9.17, 15) is 0 Å². The molecule has 2 heteroatoms. The summed E-state index contributed by atoms with van der Waals surface area (Å²) in [5.74, 6) is 1.75. The summed E-state index contributed by atoms with van der Waals surface area (Å²) in [4.78, 5) is 2.46. The third kappa shape index (κ3) is 3.89. The summed E-state index contributed by atoms with van der Waals surface area (Å²) in [5, 5.41) is 0. The van der Waals surface area contributed by atoms with Crippen molar-refractivity contribution in [3.05, 3.63) is 65.2 Å². The second kappa shape index (κ2) is 6.97. The Morgan fingerprint density at radius 3 is 2.50 bits per heavy atom. The number of rotatable bonds is 4. The lowest BCUT2D eigenvalue weighted by molar-refractivity contribution is 0.219. The minimum absolute atomic E-state index is 0.713. The number of hydrogen-bond acceptors (Lipinski definition) is 2. The van der Waals surface area contributed by atoms with Crippen molar-refractivity contribution in [2.24, 2.45) is 5.92 Å². The van der Waals surface area contributed by atoms with Crippen LogP contribution in [0.4, 0.5) is 0 Å². The van der Waals surface area contributed by atoms with Gasteiger partial charge in [-0.05, 0) is 29.5 Å². The van der Waals surface area contributed by atoms with Gasteiger partial charge >= 0.3 is 0 Å². The minimum Gasteiger partial charge on any atom is -0.492 e. The molecule has 2 aromatic rings. The Kier molecular flexibility index (Phi) is 4.79. The molecule has 0 unspecified atom stereocenters. The average Bonchev–Trinajstić information content (AvgIpc) is 2.70. The molecule has 0 radical (unpaired) electrons. The summed E-state index contributed by atoms with van der Waals surface area (Å²) in [6.07, 6.45) is 1.16. The summed E-state index contributed by atoms with van der Waals surface area (Å²) in [6, 6.07) is 17.5. The molecule has 22 heavy (non-hydrogen) atoms. The number of hydrogen-bond donors (Lipinski definition) is 0. The maximum absolute atomic E-state index is 5.84. The van der Waals surface area contributed by atoms with Crippen LogP contribution in [0.3, 0.4) is 0 Å². The average molecular weight is 295 g/mol. The maximum atomic E-state index is 5.84.